The first-order chi connectivity index (χ1) is 9.10. The van der Waals surface area contributed by atoms with Crippen molar-refractivity contribution in [2.75, 3.05) is 11.9 Å². The van der Waals surface area contributed by atoms with Crippen LogP contribution in [0.15, 0.2) is 18.2 Å². The molecule has 1 amide bonds. The normalized spacial score (nSPS) is 23.1. The molecule has 1 aliphatic carbocycles. The minimum atomic E-state index is -0.954. The van der Waals surface area contributed by atoms with Crippen LogP contribution in [0.25, 0.3) is 0 Å². The van der Waals surface area contributed by atoms with Crippen LogP contribution in [0.3, 0.4) is 0 Å². The summed E-state index contributed by atoms with van der Waals surface area (Å²) in [6.07, 6.45) is 3.51. The van der Waals surface area contributed by atoms with E-state index < -0.39 is 11.6 Å². The van der Waals surface area contributed by atoms with Gasteiger partial charge < -0.3 is 11.1 Å². The standard InChI is InChI=1S/C14H18F2N2O/c15-12-6-5-11(7-13(12)16)18-14(19)10-3-1-9(8-17)2-4-10/h5-7,9-10H,1-4,8,17H2,(H,18,19). The average molecular weight is 268 g/mol. The Morgan fingerprint density at radius 3 is 2.47 bits per heavy atom. The summed E-state index contributed by atoms with van der Waals surface area (Å²) in [5.74, 6) is -1.55. The van der Waals surface area contributed by atoms with Crippen molar-refractivity contribution in [3.8, 4) is 0 Å². The summed E-state index contributed by atoms with van der Waals surface area (Å²) in [4.78, 5) is 12.0. The van der Waals surface area contributed by atoms with E-state index in [1.54, 1.807) is 0 Å². The number of halogens is 2. The van der Waals surface area contributed by atoms with Crippen molar-refractivity contribution < 1.29 is 13.6 Å². The number of carbonyl (C=O) groups excluding carboxylic acids is 1. The highest BCUT2D eigenvalue weighted by molar-refractivity contribution is 5.92. The minimum Gasteiger partial charge on any atom is -0.330 e. The highest BCUT2D eigenvalue weighted by Gasteiger charge is 2.25. The third kappa shape index (κ3) is 3.50. The van der Waals surface area contributed by atoms with Crippen LogP contribution in [0.1, 0.15) is 25.7 Å². The number of hydrogen-bond donors (Lipinski definition) is 2. The predicted octanol–water partition coefficient (Wildman–Crippen LogP) is 2.67. The lowest BCUT2D eigenvalue weighted by Gasteiger charge is -2.26. The third-order valence-electron chi connectivity index (χ3n) is 3.74. The molecule has 5 heteroatoms. The second-order valence-corrected chi connectivity index (χ2v) is 5.07. The zero-order chi connectivity index (χ0) is 13.8. The lowest BCUT2D eigenvalue weighted by atomic mass is 9.81. The molecule has 1 aromatic rings. The summed E-state index contributed by atoms with van der Waals surface area (Å²) in [7, 11) is 0. The molecule has 0 radical (unpaired) electrons. The number of anilines is 1. The highest BCUT2D eigenvalue weighted by atomic mass is 19.2. The van der Waals surface area contributed by atoms with Crippen molar-refractivity contribution >= 4 is 11.6 Å². The molecule has 3 N–H and O–H groups in total. The fraction of sp³-hybridized carbons (Fsp3) is 0.500. The number of amides is 1. The number of rotatable bonds is 3. The molecular weight excluding hydrogens is 250 g/mol. The Bertz CT molecular complexity index is 457. The molecule has 19 heavy (non-hydrogen) atoms. The Kier molecular flexibility index (Phi) is 4.47. The molecule has 104 valence electrons. The quantitative estimate of drug-likeness (QED) is 0.885. The number of hydrogen-bond acceptors (Lipinski definition) is 2. The first-order valence-corrected chi connectivity index (χ1v) is 6.56. The lowest BCUT2D eigenvalue weighted by Crippen LogP contribution is -2.29. The Morgan fingerprint density at radius 1 is 1.21 bits per heavy atom. The van der Waals surface area contributed by atoms with E-state index in [1.807, 2.05) is 0 Å². The van der Waals surface area contributed by atoms with E-state index >= 15 is 0 Å². The summed E-state index contributed by atoms with van der Waals surface area (Å²) >= 11 is 0. The molecular formula is C14H18F2N2O. The van der Waals surface area contributed by atoms with Crippen LogP contribution in [0.4, 0.5) is 14.5 Å². The lowest BCUT2D eigenvalue weighted by molar-refractivity contribution is -0.121. The van der Waals surface area contributed by atoms with Crippen LogP contribution in [0, 0.1) is 23.5 Å². The molecule has 0 bridgehead atoms. The molecule has 1 fully saturated rings. The van der Waals surface area contributed by atoms with E-state index in [-0.39, 0.29) is 11.8 Å². The zero-order valence-electron chi connectivity index (χ0n) is 10.7. The number of benzene rings is 1. The number of carbonyl (C=O) groups is 1. The van der Waals surface area contributed by atoms with Gasteiger partial charge >= 0.3 is 0 Å². The summed E-state index contributed by atoms with van der Waals surface area (Å²) in [6.45, 7) is 0.664. The molecule has 0 heterocycles. The van der Waals surface area contributed by atoms with Gasteiger partial charge in [-0.3, -0.25) is 4.79 Å². The zero-order valence-corrected chi connectivity index (χ0v) is 10.7. The van der Waals surface area contributed by atoms with Gasteiger partial charge in [0.15, 0.2) is 11.6 Å². The Balaban J connectivity index is 1.92. The van der Waals surface area contributed by atoms with Crippen LogP contribution in [0.2, 0.25) is 0 Å². The second kappa shape index (κ2) is 6.10. The van der Waals surface area contributed by atoms with Gasteiger partial charge in [-0.15, -0.1) is 0 Å². The number of nitrogens with two attached hydrogens (primary N) is 1. The Labute approximate surface area is 111 Å². The van der Waals surface area contributed by atoms with Crippen LogP contribution >= 0.6 is 0 Å². The van der Waals surface area contributed by atoms with E-state index in [9.17, 15) is 13.6 Å². The summed E-state index contributed by atoms with van der Waals surface area (Å²) in [5.41, 5.74) is 5.90. The van der Waals surface area contributed by atoms with E-state index in [0.717, 1.165) is 37.8 Å². The van der Waals surface area contributed by atoms with Crippen molar-refractivity contribution in [2.24, 2.45) is 17.6 Å². The van der Waals surface area contributed by atoms with Gasteiger partial charge in [-0.2, -0.15) is 0 Å². The predicted molar refractivity (Wildman–Crippen MR) is 69.5 cm³/mol. The third-order valence-corrected chi connectivity index (χ3v) is 3.74. The molecule has 1 aromatic carbocycles. The van der Waals surface area contributed by atoms with Gasteiger partial charge in [0.2, 0.25) is 5.91 Å². The maximum Gasteiger partial charge on any atom is 0.227 e. The Hall–Kier alpha value is -1.49. The molecule has 0 aliphatic heterocycles. The monoisotopic (exact) mass is 268 g/mol. The summed E-state index contributed by atoms with van der Waals surface area (Å²) in [6, 6.07) is 3.37. The molecule has 1 saturated carbocycles. The van der Waals surface area contributed by atoms with E-state index in [2.05, 4.69) is 5.32 Å². The van der Waals surface area contributed by atoms with Gasteiger partial charge in [0.25, 0.3) is 0 Å². The smallest absolute Gasteiger partial charge is 0.227 e. The van der Waals surface area contributed by atoms with Crippen molar-refractivity contribution in [2.45, 2.75) is 25.7 Å². The first-order valence-electron chi connectivity index (χ1n) is 6.56. The van der Waals surface area contributed by atoms with Crippen LogP contribution in [0.5, 0.6) is 0 Å². The number of nitrogens with one attached hydrogen (secondary N) is 1. The molecule has 0 saturated heterocycles. The fourth-order valence-corrected chi connectivity index (χ4v) is 2.48. The first kappa shape index (κ1) is 13.9. The molecule has 0 unspecified atom stereocenters. The average Bonchev–Trinajstić information content (AvgIpc) is 2.43. The molecule has 0 aromatic heterocycles. The van der Waals surface area contributed by atoms with Gasteiger partial charge in [-0.25, -0.2) is 8.78 Å². The van der Waals surface area contributed by atoms with Crippen LogP contribution in [-0.4, -0.2) is 12.5 Å². The van der Waals surface area contributed by atoms with Crippen LogP contribution in [-0.2, 0) is 4.79 Å². The fourth-order valence-electron chi connectivity index (χ4n) is 2.48. The summed E-state index contributed by atoms with van der Waals surface area (Å²) < 4.78 is 25.8. The van der Waals surface area contributed by atoms with Crippen LogP contribution < -0.4 is 11.1 Å². The van der Waals surface area contributed by atoms with Crippen molar-refractivity contribution in [1.29, 1.82) is 0 Å². The molecule has 0 atom stereocenters. The van der Waals surface area contributed by atoms with Gasteiger partial charge in [0, 0.05) is 17.7 Å². The molecule has 3 nitrogen and oxygen atoms in total. The molecule has 2 rings (SSSR count). The Morgan fingerprint density at radius 2 is 1.89 bits per heavy atom. The highest BCUT2D eigenvalue weighted by Crippen LogP contribution is 2.29. The molecule has 0 spiro atoms. The van der Waals surface area contributed by atoms with E-state index in [1.165, 1.54) is 6.07 Å². The van der Waals surface area contributed by atoms with Gasteiger partial charge in [-0.1, -0.05) is 0 Å². The van der Waals surface area contributed by atoms with Crippen molar-refractivity contribution in [1.82, 2.24) is 0 Å². The van der Waals surface area contributed by atoms with Gasteiger partial charge in [0.05, 0.1) is 0 Å². The topological polar surface area (TPSA) is 55.1 Å². The largest absolute Gasteiger partial charge is 0.330 e. The minimum absolute atomic E-state index is 0.0593. The summed E-state index contributed by atoms with van der Waals surface area (Å²) in [5, 5.41) is 2.64. The van der Waals surface area contributed by atoms with E-state index in [4.69, 9.17) is 5.73 Å². The van der Waals surface area contributed by atoms with Gasteiger partial charge in [-0.05, 0) is 50.3 Å². The maximum atomic E-state index is 13.0. The van der Waals surface area contributed by atoms with Crippen molar-refractivity contribution in [3.05, 3.63) is 29.8 Å². The maximum absolute atomic E-state index is 13.0. The molecule has 1 aliphatic rings. The SMILES string of the molecule is NCC1CCC(C(=O)Nc2ccc(F)c(F)c2)CC1. The van der Waals surface area contributed by atoms with Gasteiger partial charge in [0.1, 0.15) is 0 Å². The van der Waals surface area contributed by atoms with E-state index in [0.29, 0.717) is 18.2 Å². The second-order valence-electron chi connectivity index (χ2n) is 5.07. The van der Waals surface area contributed by atoms with Crippen molar-refractivity contribution in [3.63, 3.8) is 0 Å².